The Kier molecular flexibility index (Phi) is 5.44. The molecule has 0 bridgehead atoms. The van der Waals surface area contributed by atoms with Crippen molar-refractivity contribution in [2.45, 2.75) is 37.7 Å². The van der Waals surface area contributed by atoms with Crippen molar-refractivity contribution < 1.29 is 36.2 Å². The minimum atomic E-state index is -4.89. The Morgan fingerprint density at radius 3 is 2.50 bits per heavy atom. The highest BCUT2D eigenvalue weighted by Gasteiger charge is 2.60. The third-order valence-electron chi connectivity index (χ3n) is 5.41. The highest BCUT2D eigenvalue weighted by atomic mass is 35.5. The highest BCUT2D eigenvalue weighted by Crippen LogP contribution is 2.50. The molecule has 2 N–H and O–H groups in total. The maximum Gasteiger partial charge on any atom is 0.433 e. The van der Waals surface area contributed by atoms with Crippen LogP contribution in [0.5, 0.6) is 0 Å². The first-order valence-corrected chi connectivity index (χ1v) is 9.97. The molecule has 1 unspecified atom stereocenters. The summed E-state index contributed by atoms with van der Waals surface area (Å²) in [5.41, 5.74) is -5.41. The molecule has 4 rings (SSSR count). The Morgan fingerprint density at radius 1 is 1.24 bits per heavy atom. The van der Waals surface area contributed by atoms with E-state index in [4.69, 9.17) is 11.6 Å². The Balaban J connectivity index is 1.78. The molecule has 0 radical (unpaired) electrons. The van der Waals surface area contributed by atoms with Crippen molar-refractivity contribution in [3.05, 3.63) is 46.6 Å². The quantitative estimate of drug-likeness (QED) is 0.488. The van der Waals surface area contributed by atoms with Crippen LogP contribution in [-0.4, -0.2) is 43.4 Å². The van der Waals surface area contributed by atoms with Crippen LogP contribution in [0.2, 0.25) is 5.15 Å². The smallest absolute Gasteiger partial charge is 0.387 e. The van der Waals surface area contributed by atoms with Crippen LogP contribution in [0.3, 0.4) is 0 Å². The molecule has 1 aliphatic rings. The van der Waals surface area contributed by atoms with Gasteiger partial charge in [-0.05, 0) is 26.0 Å². The minimum absolute atomic E-state index is 0.0204. The number of urea groups is 1. The van der Waals surface area contributed by atoms with Gasteiger partial charge in [0.15, 0.2) is 10.8 Å². The zero-order valence-electron chi connectivity index (χ0n) is 17.3. The van der Waals surface area contributed by atoms with Crippen LogP contribution in [0, 0.1) is 0 Å². The maximum absolute atomic E-state index is 14.1. The molecule has 0 fully saturated rings. The lowest BCUT2D eigenvalue weighted by atomic mass is 9.88. The van der Waals surface area contributed by atoms with Crippen LogP contribution in [0.25, 0.3) is 5.65 Å². The number of pyridine rings is 1. The van der Waals surface area contributed by atoms with E-state index in [1.54, 1.807) is 0 Å². The first-order chi connectivity index (χ1) is 15.6. The molecule has 15 heteroatoms. The van der Waals surface area contributed by atoms with Crippen molar-refractivity contribution in [1.29, 1.82) is 0 Å². The zero-order chi connectivity index (χ0) is 25.2. The number of aliphatic hydroxyl groups is 1. The average molecular weight is 509 g/mol. The molecule has 34 heavy (non-hydrogen) atoms. The molecule has 4 heterocycles. The number of hydrogen-bond acceptors (Lipinski definition) is 5. The molecule has 0 aromatic carbocycles. The summed E-state index contributed by atoms with van der Waals surface area (Å²) < 4.78 is 82.9. The molecule has 2 amide bonds. The fourth-order valence-electron chi connectivity index (χ4n) is 3.67. The number of hydrogen-bond donors (Lipinski definition) is 2. The fourth-order valence-corrected chi connectivity index (χ4v) is 3.84. The van der Waals surface area contributed by atoms with Crippen LogP contribution >= 0.6 is 11.6 Å². The van der Waals surface area contributed by atoms with Crippen LogP contribution in [0.15, 0.2) is 24.4 Å². The summed E-state index contributed by atoms with van der Waals surface area (Å²) in [5, 5.41) is 15.6. The van der Waals surface area contributed by atoms with E-state index >= 15 is 0 Å². The van der Waals surface area contributed by atoms with Crippen LogP contribution in [-0.2, 0) is 11.6 Å². The van der Waals surface area contributed by atoms with Gasteiger partial charge in [-0.2, -0.15) is 31.4 Å². The van der Waals surface area contributed by atoms with E-state index in [2.05, 4.69) is 20.4 Å². The predicted molar refractivity (Wildman–Crippen MR) is 108 cm³/mol. The van der Waals surface area contributed by atoms with Crippen LogP contribution in [0.4, 0.5) is 42.5 Å². The fraction of sp³-hybridized carbons (Fsp3) is 0.368. The molecular weight excluding hydrogens is 494 g/mol. The van der Waals surface area contributed by atoms with Gasteiger partial charge in [0.2, 0.25) is 0 Å². The minimum Gasteiger partial charge on any atom is -0.387 e. The van der Waals surface area contributed by atoms with Gasteiger partial charge in [0.1, 0.15) is 11.1 Å². The van der Waals surface area contributed by atoms with Crippen molar-refractivity contribution in [3.63, 3.8) is 0 Å². The number of nitrogens with one attached hydrogen (secondary N) is 1. The Bertz CT molecular complexity index is 1290. The summed E-state index contributed by atoms with van der Waals surface area (Å²) >= 11 is 5.83. The summed E-state index contributed by atoms with van der Waals surface area (Å²) in [5.74, 6) is 0. The third-order valence-corrected chi connectivity index (χ3v) is 5.59. The first-order valence-electron chi connectivity index (χ1n) is 9.59. The van der Waals surface area contributed by atoms with Gasteiger partial charge in [0.05, 0.1) is 29.4 Å². The van der Waals surface area contributed by atoms with Gasteiger partial charge >= 0.3 is 18.4 Å². The number of rotatable bonds is 2. The van der Waals surface area contributed by atoms with Gasteiger partial charge in [-0.15, -0.1) is 0 Å². The third kappa shape index (κ3) is 3.90. The number of halogens is 7. The van der Waals surface area contributed by atoms with Gasteiger partial charge in [0, 0.05) is 18.3 Å². The summed E-state index contributed by atoms with van der Waals surface area (Å²) in [6, 6.07) is 1.60. The molecule has 3 aromatic heterocycles. The molecule has 3 aromatic rings. The van der Waals surface area contributed by atoms with Gasteiger partial charge < -0.3 is 10.4 Å². The maximum atomic E-state index is 14.1. The number of aliphatic hydroxyl groups excluding tert-OH is 1. The SMILES string of the molecule is CC(O)c1cc(NC(=O)N2C[C@@](C)(C(F)(F)F)c3c2cnc2cc(Cl)nn32)cc(C(F)(F)F)n1. The summed E-state index contributed by atoms with van der Waals surface area (Å²) in [7, 11) is 0. The van der Waals surface area contributed by atoms with Crippen molar-refractivity contribution in [2.75, 3.05) is 16.8 Å². The largest absolute Gasteiger partial charge is 0.433 e. The molecule has 2 atom stereocenters. The van der Waals surface area contributed by atoms with Crippen molar-refractivity contribution >= 4 is 34.7 Å². The van der Waals surface area contributed by atoms with E-state index in [1.165, 1.54) is 13.0 Å². The van der Waals surface area contributed by atoms with Crippen LogP contribution < -0.4 is 10.2 Å². The number of alkyl halides is 6. The number of nitrogens with zero attached hydrogens (tertiary/aromatic N) is 5. The summed E-state index contributed by atoms with van der Waals surface area (Å²) in [6.07, 6.45) is -10.1. The molecule has 0 saturated carbocycles. The number of carbonyl (C=O) groups is 1. The summed E-state index contributed by atoms with van der Waals surface area (Å²) in [4.78, 5) is 21.0. The normalized spacial score (nSPS) is 19.4. The van der Waals surface area contributed by atoms with Gasteiger partial charge in [-0.1, -0.05) is 11.6 Å². The molecule has 0 spiro atoms. The highest BCUT2D eigenvalue weighted by molar-refractivity contribution is 6.29. The van der Waals surface area contributed by atoms with Gasteiger partial charge in [-0.25, -0.2) is 19.3 Å². The van der Waals surface area contributed by atoms with E-state index in [0.29, 0.717) is 11.0 Å². The van der Waals surface area contributed by atoms with E-state index in [0.717, 1.165) is 23.7 Å². The predicted octanol–water partition coefficient (Wildman–Crippen LogP) is 4.72. The number of aromatic nitrogens is 4. The second-order valence-corrected chi connectivity index (χ2v) is 8.30. The first kappa shape index (κ1) is 24.0. The molecule has 0 aliphatic carbocycles. The van der Waals surface area contributed by atoms with Crippen molar-refractivity contribution in [3.8, 4) is 0 Å². The molecule has 1 aliphatic heterocycles. The standard InChI is InChI=1S/C19H15ClF6N6O2/c1-8(33)10-3-9(4-12(29-10)18(21,22)23)28-16(34)31-7-17(2,19(24,25)26)15-11(31)6-27-14-5-13(20)30-32(14)15/h3-6,8,33H,7H2,1-2H3,(H,28,29,34)/t8?,17-/m1/s1. The van der Waals surface area contributed by atoms with Crippen molar-refractivity contribution in [2.24, 2.45) is 0 Å². The number of anilines is 2. The topological polar surface area (TPSA) is 95.7 Å². The molecule has 182 valence electrons. The van der Waals surface area contributed by atoms with Crippen molar-refractivity contribution in [1.82, 2.24) is 19.6 Å². The Hall–Kier alpha value is -3.13. The molecular formula is C19H15ClF6N6O2. The zero-order valence-corrected chi connectivity index (χ0v) is 18.1. The molecule has 0 saturated heterocycles. The summed E-state index contributed by atoms with van der Waals surface area (Å²) in [6.45, 7) is 1.15. The van der Waals surface area contributed by atoms with Gasteiger partial charge in [0.25, 0.3) is 0 Å². The number of fused-ring (bicyclic) bond motifs is 3. The number of amides is 2. The average Bonchev–Trinajstić information content (AvgIpc) is 3.24. The molecule has 8 nitrogen and oxygen atoms in total. The van der Waals surface area contributed by atoms with Gasteiger partial charge in [-0.3, -0.25) is 4.90 Å². The van der Waals surface area contributed by atoms with E-state index < -0.39 is 53.5 Å². The second-order valence-electron chi connectivity index (χ2n) is 7.91. The Morgan fingerprint density at radius 2 is 1.91 bits per heavy atom. The van der Waals surface area contributed by atoms with E-state index in [9.17, 15) is 36.2 Å². The Labute approximate surface area is 192 Å². The number of carbonyl (C=O) groups excluding carboxylic acids is 1. The lowest BCUT2D eigenvalue weighted by molar-refractivity contribution is -0.181. The van der Waals surface area contributed by atoms with Crippen LogP contribution in [0.1, 0.15) is 37.0 Å². The lowest BCUT2D eigenvalue weighted by Crippen LogP contribution is -2.46. The second kappa shape index (κ2) is 7.70. The lowest BCUT2D eigenvalue weighted by Gasteiger charge is -2.28. The van der Waals surface area contributed by atoms with E-state index in [-0.39, 0.29) is 22.2 Å². The monoisotopic (exact) mass is 508 g/mol. The van der Waals surface area contributed by atoms with E-state index in [1.807, 2.05) is 0 Å².